The summed E-state index contributed by atoms with van der Waals surface area (Å²) in [5.74, 6) is 0.141. The molecular weight excluding hydrogens is 345 g/mol. The molecular formula is C18H17Cl2N3O. The summed E-state index contributed by atoms with van der Waals surface area (Å²) < 4.78 is 1.87. The highest BCUT2D eigenvalue weighted by Crippen LogP contribution is 2.25. The molecule has 1 N–H and O–H groups in total. The molecule has 0 bridgehead atoms. The van der Waals surface area contributed by atoms with E-state index in [4.69, 9.17) is 23.2 Å². The van der Waals surface area contributed by atoms with Gasteiger partial charge in [0.15, 0.2) is 0 Å². The van der Waals surface area contributed by atoms with E-state index in [0.29, 0.717) is 10.7 Å². The number of carbonyl (C=O) groups is 1. The number of alkyl halides is 1. The molecule has 0 aliphatic heterocycles. The summed E-state index contributed by atoms with van der Waals surface area (Å²) in [6.45, 7) is 3.62. The van der Waals surface area contributed by atoms with Crippen LogP contribution >= 0.6 is 23.2 Å². The number of amides is 1. The fourth-order valence-corrected chi connectivity index (χ4v) is 2.51. The van der Waals surface area contributed by atoms with E-state index >= 15 is 0 Å². The predicted octanol–water partition coefficient (Wildman–Crippen LogP) is 4.86. The monoisotopic (exact) mass is 361 g/mol. The third-order valence-corrected chi connectivity index (χ3v) is 4.67. The van der Waals surface area contributed by atoms with Crippen molar-refractivity contribution in [3.8, 4) is 11.3 Å². The van der Waals surface area contributed by atoms with Gasteiger partial charge in [-0.05, 0) is 38.1 Å². The number of benzene rings is 1. The average Bonchev–Trinajstić information content (AvgIpc) is 2.98. The summed E-state index contributed by atoms with van der Waals surface area (Å²) in [6.07, 6.45) is 3.72. The molecule has 0 saturated carbocycles. The van der Waals surface area contributed by atoms with E-state index in [1.807, 2.05) is 61.0 Å². The van der Waals surface area contributed by atoms with Gasteiger partial charge in [-0.3, -0.25) is 4.79 Å². The summed E-state index contributed by atoms with van der Waals surface area (Å²) in [4.78, 5) is 16.8. The molecule has 0 fully saturated rings. The van der Waals surface area contributed by atoms with Gasteiger partial charge < -0.3 is 9.72 Å². The van der Waals surface area contributed by atoms with Crippen molar-refractivity contribution >= 4 is 40.4 Å². The van der Waals surface area contributed by atoms with Crippen LogP contribution in [0.3, 0.4) is 0 Å². The lowest BCUT2D eigenvalue weighted by Gasteiger charge is -2.20. The second-order valence-electron chi connectivity index (χ2n) is 6.29. The van der Waals surface area contributed by atoms with E-state index in [-0.39, 0.29) is 11.8 Å². The van der Waals surface area contributed by atoms with Crippen molar-refractivity contribution in [2.75, 3.05) is 11.2 Å². The Labute approximate surface area is 150 Å². The van der Waals surface area contributed by atoms with Crippen molar-refractivity contribution in [2.24, 2.45) is 5.41 Å². The molecule has 124 valence electrons. The summed E-state index contributed by atoms with van der Waals surface area (Å²) in [6, 6.07) is 11.2. The molecule has 1 aromatic carbocycles. The Hall–Kier alpha value is -2.04. The number of anilines is 1. The Bertz CT molecular complexity index is 902. The smallest absolute Gasteiger partial charge is 0.231 e. The van der Waals surface area contributed by atoms with E-state index in [1.165, 1.54) is 0 Å². The zero-order valence-corrected chi connectivity index (χ0v) is 14.9. The van der Waals surface area contributed by atoms with Crippen LogP contribution in [0.5, 0.6) is 0 Å². The fraction of sp³-hybridized carbons (Fsp3) is 0.222. The van der Waals surface area contributed by atoms with Gasteiger partial charge in [-0.2, -0.15) is 0 Å². The highest BCUT2D eigenvalue weighted by Gasteiger charge is 2.26. The van der Waals surface area contributed by atoms with Crippen molar-refractivity contribution in [2.45, 2.75) is 13.8 Å². The van der Waals surface area contributed by atoms with Gasteiger partial charge in [-0.25, -0.2) is 4.98 Å². The molecule has 3 aromatic rings. The average molecular weight is 362 g/mol. The van der Waals surface area contributed by atoms with Gasteiger partial charge in [0.2, 0.25) is 5.91 Å². The second-order valence-corrected chi connectivity index (χ2v) is 7.00. The largest absolute Gasteiger partial charge is 0.326 e. The Balaban J connectivity index is 1.90. The summed E-state index contributed by atoms with van der Waals surface area (Å²) in [5, 5.41) is 3.56. The van der Waals surface area contributed by atoms with Crippen LogP contribution in [0.25, 0.3) is 16.9 Å². The third-order valence-electron chi connectivity index (χ3n) is 3.78. The SMILES string of the molecule is CC(C)(CCl)C(=O)Nc1cccc(-c2cn3cc(Cl)ccc3n2)c1. The molecule has 0 atom stereocenters. The number of aromatic nitrogens is 2. The van der Waals surface area contributed by atoms with Crippen LogP contribution in [0, 0.1) is 5.41 Å². The standard InChI is InChI=1S/C18H17Cl2N3O/c1-18(2,11-19)17(24)21-14-5-3-4-12(8-14)15-10-23-9-13(20)6-7-16(23)22-15/h3-10H,11H2,1-2H3,(H,21,24). The minimum Gasteiger partial charge on any atom is -0.326 e. The van der Waals surface area contributed by atoms with Crippen LogP contribution < -0.4 is 5.32 Å². The molecule has 0 radical (unpaired) electrons. The van der Waals surface area contributed by atoms with Crippen molar-refractivity contribution in [1.29, 1.82) is 0 Å². The van der Waals surface area contributed by atoms with E-state index in [2.05, 4.69) is 10.3 Å². The first-order valence-corrected chi connectivity index (χ1v) is 8.42. The van der Waals surface area contributed by atoms with Crippen molar-refractivity contribution in [3.63, 3.8) is 0 Å². The van der Waals surface area contributed by atoms with Gasteiger partial charge in [0.25, 0.3) is 0 Å². The van der Waals surface area contributed by atoms with Crippen LogP contribution in [0.15, 0.2) is 48.8 Å². The van der Waals surface area contributed by atoms with Crippen LogP contribution in [0.1, 0.15) is 13.8 Å². The minimum atomic E-state index is -0.628. The van der Waals surface area contributed by atoms with Crippen molar-refractivity contribution < 1.29 is 4.79 Å². The minimum absolute atomic E-state index is 0.114. The van der Waals surface area contributed by atoms with Gasteiger partial charge >= 0.3 is 0 Å². The predicted molar refractivity (Wildman–Crippen MR) is 98.8 cm³/mol. The maximum absolute atomic E-state index is 12.3. The van der Waals surface area contributed by atoms with E-state index in [9.17, 15) is 4.79 Å². The number of rotatable bonds is 4. The maximum Gasteiger partial charge on any atom is 0.231 e. The normalized spacial score (nSPS) is 11.7. The number of carbonyl (C=O) groups excluding carboxylic acids is 1. The van der Waals surface area contributed by atoms with Crippen LogP contribution in [-0.4, -0.2) is 21.2 Å². The van der Waals surface area contributed by atoms with Gasteiger partial charge in [-0.15, -0.1) is 11.6 Å². The molecule has 24 heavy (non-hydrogen) atoms. The van der Waals surface area contributed by atoms with E-state index in [1.54, 1.807) is 6.07 Å². The number of imidazole rings is 1. The van der Waals surface area contributed by atoms with Gasteiger partial charge in [0.05, 0.1) is 16.1 Å². The lowest BCUT2D eigenvalue weighted by atomic mass is 9.95. The summed E-state index contributed by atoms with van der Waals surface area (Å²) in [7, 11) is 0. The first kappa shape index (κ1) is 16.8. The molecule has 4 nitrogen and oxygen atoms in total. The Morgan fingerprint density at radius 1 is 1.25 bits per heavy atom. The van der Waals surface area contributed by atoms with Crippen molar-refractivity contribution in [3.05, 3.63) is 53.8 Å². The number of nitrogens with zero attached hydrogens (tertiary/aromatic N) is 2. The molecule has 1 amide bonds. The molecule has 0 unspecified atom stereocenters. The topological polar surface area (TPSA) is 46.4 Å². The number of hydrogen-bond acceptors (Lipinski definition) is 2. The van der Waals surface area contributed by atoms with Crippen LogP contribution in [0.2, 0.25) is 5.02 Å². The Morgan fingerprint density at radius 3 is 2.79 bits per heavy atom. The van der Waals surface area contributed by atoms with Gasteiger partial charge in [0.1, 0.15) is 5.65 Å². The highest BCUT2D eigenvalue weighted by atomic mass is 35.5. The summed E-state index contributed by atoms with van der Waals surface area (Å²) in [5.41, 5.74) is 2.62. The Morgan fingerprint density at radius 2 is 2.04 bits per heavy atom. The first-order chi connectivity index (χ1) is 11.4. The maximum atomic E-state index is 12.3. The lowest BCUT2D eigenvalue weighted by Crippen LogP contribution is -2.32. The zero-order chi connectivity index (χ0) is 17.3. The number of fused-ring (bicyclic) bond motifs is 1. The molecule has 2 aromatic heterocycles. The highest BCUT2D eigenvalue weighted by molar-refractivity contribution is 6.30. The lowest BCUT2D eigenvalue weighted by molar-refractivity contribution is -0.122. The van der Waals surface area contributed by atoms with E-state index < -0.39 is 5.41 Å². The summed E-state index contributed by atoms with van der Waals surface area (Å²) >= 11 is 11.9. The molecule has 3 rings (SSSR count). The van der Waals surface area contributed by atoms with Gasteiger partial charge in [0, 0.05) is 29.5 Å². The Kier molecular flexibility index (Phi) is 4.52. The van der Waals surface area contributed by atoms with E-state index in [0.717, 1.165) is 16.9 Å². The quantitative estimate of drug-likeness (QED) is 0.674. The molecule has 2 heterocycles. The number of hydrogen-bond donors (Lipinski definition) is 1. The second kappa shape index (κ2) is 6.46. The number of nitrogens with one attached hydrogen (secondary N) is 1. The zero-order valence-electron chi connectivity index (χ0n) is 13.4. The van der Waals surface area contributed by atoms with Crippen LogP contribution in [0.4, 0.5) is 5.69 Å². The molecule has 0 saturated heterocycles. The molecule has 6 heteroatoms. The number of halogens is 2. The first-order valence-electron chi connectivity index (χ1n) is 7.51. The molecule has 0 spiro atoms. The fourth-order valence-electron chi connectivity index (χ4n) is 2.22. The van der Waals surface area contributed by atoms with Gasteiger partial charge in [-0.1, -0.05) is 23.7 Å². The van der Waals surface area contributed by atoms with Crippen molar-refractivity contribution in [1.82, 2.24) is 9.38 Å². The molecule has 0 aliphatic rings. The number of pyridine rings is 1. The molecule has 0 aliphatic carbocycles. The third kappa shape index (κ3) is 3.40. The van der Waals surface area contributed by atoms with Crippen LogP contribution in [-0.2, 0) is 4.79 Å².